The van der Waals surface area contributed by atoms with Crippen molar-refractivity contribution in [3.05, 3.63) is 75.6 Å². The molecule has 2 aromatic rings. The molecule has 0 unspecified atom stereocenters. The second kappa shape index (κ2) is 4.96. The quantitative estimate of drug-likeness (QED) is 0.843. The van der Waals surface area contributed by atoms with Crippen molar-refractivity contribution < 1.29 is 5.11 Å². The minimum atomic E-state index is 0.179. The summed E-state index contributed by atoms with van der Waals surface area (Å²) in [5.74, 6) is 0.179. The van der Waals surface area contributed by atoms with Crippen molar-refractivity contribution in [2.75, 3.05) is 12.1 Å². The third kappa shape index (κ3) is 1.99. The van der Waals surface area contributed by atoms with Crippen LogP contribution in [-0.2, 0) is 0 Å². The number of halogens is 1. The summed E-state index contributed by atoms with van der Waals surface area (Å²) in [6.45, 7) is 2.06. The SMILES string of the molecule is CC1=c2ccccc2=C2NN(c3ccc(Cl)cc3)C(O)=C2N1C. The lowest BCUT2D eigenvalue weighted by atomic mass is 10.1. The Kier molecular flexibility index (Phi) is 3.03. The van der Waals surface area contributed by atoms with Crippen molar-refractivity contribution >= 4 is 28.7 Å². The van der Waals surface area contributed by atoms with Crippen molar-refractivity contribution in [2.24, 2.45) is 0 Å². The topological polar surface area (TPSA) is 38.7 Å². The molecule has 2 N–H and O–H groups in total. The van der Waals surface area contributed by atoms with Crippen LogP contribution < -0.4 is 20.9 Å². The van der Waals surface area contributed by atoms with E-state index in [1.54, 1.807) is 17.1 Å². The van der Waals surface area contributed by atoms with Gasteiger partial charge in [0.1, 0.15) is 5.70 Å². The Bertz CT molecular complexity index is 947. The van der Waals surface area contributed by atoms with Crippen LogP contribution >= 0.6 is 11.6 Å². The molecule has 2 heterocycles. The van der Waals surface area contributed by atoms with E-state index in [-0.39, 0.29) is 5.88 Å². The Labute approximate surface area is 139 Å². The first-order valence-corrected chi connectivity index (χ1v) is 7.75. The molecule has 2 aliphatic rings. The lowest BCUT2D eigenvalue weighted by Gasteiger charge is -2.25. The number of hydrazine groups is 1. The number of benzene rings is 2. The molecule has 4 rings (SSSR count). The monoisotopic (exact) mass is 325 g/mol. The molecule has 4 nitrogen and oxygen atoms in total. The number of nitrogens with zero attached hydrogens (tertiary/aromatic N) is 2. The lowest BCUT2D eigenvalue weighted by molar-refractivity contribution is 0.374. The van der Waals surface area contributed by atoms with Gasteiger partial charge in [0.05, 0.1) is 11.4 Å². The van der Waals surface area contributed by atoms with Crippen molar-refractivity contribution in [2.45, 2.75) is 6.92 Å². The molecule has 2 aliphatic heterocycles. The molecule has 2 aromatic carbocycles. The number of fused-ring (bicyclic) bond motifs is 2. The third-order valence-corrected chi connectivity index (χ3v) is 4.65. The highest BCUT2D eigenvalue weighted by Gasteiger charge is 2.33. The van der Waals surface area contributed by atoms with E-state index >= 15 is 0 Å². The first-order chi connectivity index (χ1) is 11.1. The van der Waals surface area contributed by atoms with Gasteiger partial charge in [-0.2, -0.15) is 0 Å². The molecule has 0 amide bonds. The smallest absolute Gasteiger partial charge is 0.237 e. The molecule has 0 aliphatic carbocycles. The minimum Gasteiger partial charge on any atom is -0.492 e. The van der Waals surface area contributed by atoms with E-state index in [2.05, 4.69) is 24.5 Å². The molecule has 0 spiro atoms. The van der Waals surface area contributed by atoms with Crippen LogP contribution in [0.2, 0.25) is 5.02 Å². The molecule has 0 fully saturated rings. The van der Waals surface area contributed by atoms with E-state index in [1.807, 2.05) is 36.2 Å². The fraction of sp³-hybridized carbons (Fsp3) is 0.111. The number of hydrogen-bond acceptors (Lipinski definition) is 4. The Morgan fingerprint density at radius 3 is 2.35 bits per heavy atom. The summed E-state index contributed by atoms with van der Waals surface area (Å²) in [6.07, 6.45) is 0. The Morgan fingerprint density at radius 2 is 1.65 bits per heavy atom. The van der Waals surface area contributed by atoms with Gasteiger partial charge in [-0.05, 0) is 31.2 Å². The van der Waals surface area contributed by atoms with Crippen LogP contribution in [-0.4, -0.2) is 17.1 Å². The number of aliphatic hydroxyl groups is 1. The van der Waals surface area contributed by atoms with Crippen molar-refractivity contribution in [3.63, 3.8) is 0 Å². The van der Waals surface area contributed by atoms with Gasteiger partial charge in [-0.3, -0.25) is 5.43 Å². The van der Waals surface area contributed by atoms with Crippen LogP contribution in [0.25, 0.3) is 11.4 Å². The van der Waals surface area contributed by atoms with Crippen LogP contribution in [0.1, 0.15) is 6.92 Å². The molecule has 0 atom stereocenters. The van der Waals surface area contributed by atoms with Gasteiger partial charge in [0, 0.05) is 28.2 Å². The molecule has 23 heavy (non-hydrogen) atoms. The standard InChI is InChI=1S/C18H16ClN3O/c1-11-14-5-3-4-6-15(14)16-17(21(11)2)18(23)22(20-16)13-9-7-12(19)8-10-13/h3-10,20,23H,1-2H3. The first-order valence-electron chi connectivity index (χ1n) is 7.38. The molecule has 0 radical (unpaired) electrons. The number of likely N-dealkylation sites (N-methyl/N-ethyl adjacent to an activating group) is 1. The van der Waals surface area contributed by atoms with Crippen LogP contribution in [0.15, 0.2) is 60.1 Å². The van der Waals surface area contributed by atoms with E-state index in [1.165, 1.54) is 0 Å². The number of aliphatic hydroxyl groups excluding tert-OH is 1. The molecular weight excluding hydrogens is 310 g/mol. The molecule has 116 valence electrons. The Hall–Kier alpha value is -2.59. The lowest BCUT2D eigenvalue weighted by Crippen LogP contribution is -2.42. The second-order valence-electron chi connectivity index (χ2n) is 5.66. The molecule has 0 aromatic heterocycles. The van der Waals surface area contributed by atoms with Gasteiger partial charge in [0.2, 0.25) is 5.88 Å². The summed E-state index contributed by atoms with van der Waals surface area (Å²) >= 11 is 5.96. The summed E-state index contributed by atoms with van der Waals surface area (Å²) in [6, 6.07) is 15.5. The van der Waals surface area contributed by atoms with Gasteiger partial charge in [-0.25, -0.2) is 5.01 Å². The van der Waals surface area contributed by atoms with Crippen molar-refractivity contribution in [1.29, 1.82) is 0 Å². The van der Waals surface area contributed by atoms with Crippen molar-refractivity contribution in [1.82, 2.24) is 10.3 Å². The summed E-state index contributed by atoms with van der Waals surface area (Å²) in [7, 11) is 1.96. The third-order valence-electron chi connectivity index (χ3n) is 4.39. The fourth-order valence-electron chi connectivity index (χ4n) is 3.08. The maximum atomic E-state index is 10.8. The minimum absolute atomic E-state index is 0.179. The van der Waals surface area contributed by atoms with Gasteiger partial charge in [-0.1, -0.05) is 35.9 Å². The maximum Gasteiger partial charge on any atom is 0.237 e. The van der Waals surface area contributed by atoms with Crippen LogP contribution in [0.4, 0.5) is 5.69 Å². The van der Waals surface area contributed by atoms with Crippen LogP contribution in [0, 0.1) is 0 Å². The fourth-order valence-corrected chi connectivity index (χ4v) is 3.21. The van der Waals surface area contributed by atoms with Crippen molar-refractivity contribution in [3.8, 4) is 0 Å². The first kappa shape index (κ1) is 14.0. The van der Waals surface area contributed by atoms with Gasteiger partial charge >= 0.3 is 0 Å². The largest absolute Gasteiger partial charge is 0.492 e. The van der Waals surface area contributed by atoms with E-state index in [0.29, 0.717) is 5.02 Å². The highest BCUT2D eigenvalue weighted by molar-refractivity contribution is 6.30. The van der Waals surface area contributed by atoms with Crippen LogP contribution in [0.3, 0.4) is 0 Å². The molecule has 5 heteroatoms. The van der Waals surface area contributed by atoms with E-state index in [4.69, 9.17) is 11.6 Å². The molecule has 0 saturated heterocycles. The van der Waals surface area contributed by atoms with Gasteiger partial charge in [0.25, 0.3) is 0 Å². The van der Waals surface area contributed by atoms with Gasteiger partial charge in [-0.15, -0.1) is 0 Å². The average Bonchev–Trinajstić information content (AvgIpc) is 2.91. The highest BCUT2D eigenvalue weighted by atomic mass is 35.5. The summed E-state index contributed by atoms with van der Waals surface area (Å²) in [5.41, 5.74) is 6.92. The maximum absolute atomic E-state index is 10.8. The predicted octanol–water partition coefficient (Wildman–Crippen LogP) is 2.27. The number of anilines is 1. The second-order valence-corrected chi connectivity index (χ2v) is 6.10. The van der Waals surface area contributed by atoms with E-state index in [9.17, 15) is 5.11 Å². The number of nitrogens with one attached hydrogen (secondary N) is 1. The van der Waals surface area contributed by atoms with Gasteiger partial charge in [0.15, 0.2) is 0 Å². The number of rotatable bonds is 1. The summed E-state index contributed by atoms with van der Waals surface area (Å²) in [4.78, 5) is 2.01. The zero-order chi connectivity index (χ0) is 16.1. The van der Waals surface area contributed by atoms with Crippen LogP contribution in [0.5, 0.6) is 0 Å². The average molecular weight is 326 g/mol. The van der Waals surface area contributed by atoms with E-state index in [0.717, 1.165) is 33.2 Å². The van der Waals surface area contributed by atoms with Gasteiger partial charge < -0.3 is 10.0 Å². The molecular formula is C18H16ClN3O. The Balaban J connectivity index is 1.94. The normalized spacial score (nSPS) is 16.5. The van der Waals surface area contributed by atoms with E-state index < -0.39 is 0 Å². The Morgan fingerprint density at radius 1 is 1.00 bits per heavy atom. The summed E-state index contributed by atoms with van der Waals surface area (Å²) < 4.78 is 0. The number of hydrogen-bond donors (Lipinski definition) is 2. The highest BCUT2D eigenvalue weighted by Crippen LogP contribution is 2.32. The predicted molar refractivity (Wildman–Crippen MR) is 92.7 cm³/mol. The molecule has 0 bridgehead atoms. The zero-order valence-electron chi connectivity index (χ0n) is 12.8. The zero-order valence-corrected chi connectivity index (χ0v) is 13.6. The summed E-state index contributed by atoms with van der Waals surface area (Å²) in [5, 5.41) is 15.3. The molecule has 0 saturated carbocycles.